The lowest BCUT2D eigenvalue weighted by Crippen LogP contribution is -2.24. The fraction of sp³-hybridized carbons (Fsp3) is 0.235. The molecule has 22 heavy (non-hydrogen) atoms. The van der Waals surface area contributed by atoms with Crippen LogP contribution in [-0.2, 0) is 6.54 Å². The Bertz CT molecular complexity index is 668. The Kier molecular flexibility index (Phi) is 5.44. The van der Waals surface area contributed by atoms with E-state index in [1.54, 1.807) is 20.3 Å². The Hall–Kier alpha value is -2.01. The molecule has 2 rings (SSSR count). The van der Waals surface area contributed by atoms with Crippen molar-refractivity contribution < 1.29 is 14.3 Å². The first-order valence-electron chi connectivity index (χ1n) is 6.81. The summed E-state index contributed by atoms with van der Waals surface area (Å²) in [6, 6.07) is 11.2. The second-order valence-corrected chi connectivity index (χ2v) is 5.63. The van der Waals surface area contributed by atoms with Crippen molar-refractivity contribution in [3.05, 3.63) is 57.6 Å². The maximum Gasteiger partial charge on any atom is 0.255 e. The predicted octanol–water partition coefficient (Wildman–Crippen LogP) is 3.70. The Morgan fingerprint density at radius 3 is 2.36 bits per heavy atom. The van der Waals surface area contributed by atoms with Gasteiger partial charge in [-0.25, -0.2) is 0 Å². The van der Waals surface area contributed by atoms with Gasteiger partial charge in [0.25, 0.3) is 5.91 Å². The Morgan fingerprint density at radius 2 is 1.77 bits per heavy atom. The number of methoxy groups -OCH3 is 2. The molecule has 0 saturated carbocycles. The van der Waals surface area contributed by atoms with E-state index in [1.165, 1.54) is 0 Å². The van der Waals surface area contributed by atoms with Gasteiger partial charge in [-0.1, -0.05) is 28.1 Å². The van der Waals surface area contributed by atoms with Crippen molar-refractivity contribution in [1.29, 1.82) is 0 Å². The molecule has 0 spiro atoms. The molecule has 0 aliphatic heterocycles. The van der Waals surface area contributed by atoms with Crippen molar-refractivity contribution in [2.75, 3.05) is 14.2 Å². The highest BCUT2D eigenvalue weighted by molar-refractivity contribution is 9.10. The van der Waals surface area contributed by atoms with Crippen LogP contribution >= 0.6 is 15.9 Å². The van der Waals surface area contributed by atoms with Crippen LogP contribution in [0.1, 0.15) is 21.5 Å². The summed E-state index contributed by atoms with van der Waals surface area (Å²) in [6.45, 7) is 2.33. The van der Waals surface area contributed by atoms with E-state index in [-0.39, 0.29) is 5.91 Å². The number of hydrogen-bond donors (Lipinski definition) is 1. The molecule has 0 saturated heterocycles. The van der Waals surface area contributed by atoms with Gasteiger partial charge in [0, 0.05) is 11.0 Å². The molecule has 0 aromatic heterocycles. The summed E-state index contributed by atoms with van der Waals surface area (Å²) in [5.41, 5.74) is 2.40. The minimum absolute atomic E-state index is 0.161. The van der Waals surface area contributed by atoms with Crippen LogP contribution < -0.4 is 14.8 Å². The van der Waals surface area contributed by atoms with Crippen molar-refractivity contribution in [2.24, 2.45) is 0 Å². The van der Waals surface area contributed by atoms with Gasteiger partial charge in [0.1, 0.15) is 11.5 Å². The van der Waals surface area contributed by atoms with E-state index >= 15 is 0 Å². The zero-order valence-corrected chi connectivity index (χ0v) is 14.4. The van der Waals surface area contributed by atoms with E-state index in [2.05, 4.69) is 21.2 Å². The number of ether oxygens (including phenoxy) is 2. The van der Waals surface area contributed by atoms with Gasteiger partial charge < -0.3 is 14.8 Å². The standard InChI is InChI=1S/C17H18BrNO3/c1-11-14(18)8-9-15(22-3)16(11)17(20)19-10-12-4-6-13(21-2)7-5-12/h4-9H,10H2,1-3H3,(H,19,20). The van der Waals surface area contributed by atoms with Crippen LogP contribution in [0.2, 0.25) is 0 Å². The van der Waals surface area contributed by atoms with Crippen molar-refractivity contribution in [2.45, 2.75) is 13.5 Å². The highest BCUT2D eigenvalue weighted by atomic mass is 79.9. The molecule has 0 atom stereocenters. The summed E-state index contributed by atoms with van der Waals surface area (Å²) in [4.78, 5) is 12.5. The number of benzene rings is 2. The molecule has 0 fully saturated rings. The highest BCUT2D eigenvalue weighted by Gasteiger charge is 2.17. The number of amides is 1. The summed E-state index contributed by atoms with van der Waals surface area (Å²) >= 11 is 3.44. The van der Waals surface area contributed by atoms with Crippen LogP contribution in [0.15, 0.2) is 40.9 Å². The van der Waals surface area contributed by atoms with Gasteiger partial charge in [-0.2, -0.15) is 0 Å². The highest BCUT2D eigenvalue weighted by Crippen LogP contribution is 2.28. The molecule has 2 aromatic carbocycles. The lowest BCUT2D eigenvalue weighted by molar-refractivity contribution is 0.0947. The molecule has 0 bridgehead atoms. The van der Waals surface area contributed by atoms with E-state index in [0.717, 1.165) is 21.3 Å². The van der Waals surface area contributed by atoms with Crippen LogP contribution in [0.4, 0.5) is 0 Å². The van der Waals surface area contributed by atoms with Gasteiger partial charge in [-0.15, -0.1) is 0 Å². The summed E-state index contributed by atoms with van der Waals surface area (Å²) < 4.78 is 11.3. The average molecular weight is 364 g/mol. The summed E-state index contributed by atoms with van der Waals surface area (Å²) in [6.07, 6.45) is 0. The third-order valence-corrected chi connectivity index (χ3v) is 4.28. The first kappa shape index (κ1) is 16.4. The number of halogens is 1. The first-order chi connectivity index (χ1) is 10.6. The third kappa shape index (κ3) is 3.60. The molecule has 0 aliphatic carbocycles. The van der Waals surface area contributed by atoms with Crippen LogP contribution in [0.3, 0.4) is 0 Å². The van der Waals surface area contributed by atoms with Crippen LogP contribution in [0.25, 0.3) is 0 Å². The number of hydrogen-bond acceptors (Lipinski definition) is 3. The topological polar surface area (TPSA) is 47.6 Å². The van der Waals surface area contributed by atoms with Crippen molar-refractivity contribution in [3.8, 4) is 11.5 Å². The summed E-state index contributed by atoms with van der Waals surface area (Å²) in [5, 5.41) is 2.91. The van der Waals surface area contributed by atoms with Gasteiger partial charge in [0.05, 0.1) is 19.8 Å². The maximum atomic E-state index is 12.5. The zero-order chi connectivity index (χ0) is 16.1. The summed E-state index contributed by atoms with van der Waals surface area (Å²) in [7, 11) is 3.18. The van der Waals surface area contributed by atoms with Gasteiger partial charge >= 0.3 is 0 Å². The molecule has 116 valence electrons. The number of nitrogens with one attached hydrogen (secondary N) is 1. The lowest BCUT2D eigenvalue weighted by Gasteiger charge is -2.13. The molecular weight excluding hydrogens is 346 g/mol. The Balaban J connectivity index is 2.13. The third-order valence-electron chi connectivity index (χ3n) is 3.42. The van der Waals surface area contributed by atoms with E-state index in [9.17, 15) is 4.79 Å². The quantitative estimate of drug-likeness (QED) is 0.880. The van der Waals surface area contributed by atoms with Crippen LogP contribution in [0.5, 0.6) is 11.5 Å². The number of carbonyl (C=O) groups excluding carboxylic acids is 1. The minimum Gasteiger partial charge on any atom is -0.497 e. The average Bonchev–Trinajstić information content (AvgIpc) is 2.55. The zero-order valence-electron chi connectivity index (χ0n) is 12.8. The second kappa shape index (κ2) is 7.31. The normalized spacial score (nSPS) is 10.2. The van der Waals surface area contributed by atoms with Gasteiger partial charge in [-0.3, -0.25) is 4.79 Å². The predicted molar refractivity (Wildman–Crippen MR) is 89.6 cm³/mol. The van der Waals surface area contributed by atoms with Crippen molar-refractivity contribution in [1.82, 2.24) is 5.32 Å². The van der Waals surface area contributed by atoms with Gasteiger partial charge in [0.15, 0.2) is 0 Å². The monoisotopic (exact) mass is 363 g/mol. The fourth-order valence-corrected chi connectivity index (χ4v) is 2.46. The molecule has 0 heterocycles. The molecule has 0 aliphatic rings. The van der Waals surface area contributed by atoms with Crippen molar-refractivity contribution >= 4 is 21.8 Å². The van der Waals surface area contributed by atoms with Gasteiger partial charge in [-0.05, 0) is 42.3 Å². The molecular formula is C17H18BrNO3. The van der Waals surface area contributed by atoms with Crippen LogP contribution in [-0.4, -0.2) is 20.1 Å². The molecule has 2 aromatic rings. The molecule has 1 amide bonds. The van der Waals surface area contributed by atoms with E-state index in [4.69, 9.17) is 9.47 Å². The SMILES string of the molecule is COc1ccc(CNC(=O)c2c(OC)ccc(Br)c2C)cc1. The molecule has 4 nitrogen and oxygen atoms in total. The molecule has 0 radical (unpaired) electrons. The fourth-order valence-electron chi connectivity index (χ4n) is 2.13. The number of carbonyl (C=O) groups is 1. The number of rotatable bonds is 5. The first-order valence-corrected chi connectivity index (χ1v) is 7.60. The van der Waals surface area contributed by atoms with E-state index < -0.39 is 0 Å². The summed E-state index contributed by atoms with van der Waals surface area (Å²) in [5.74, 6) is 1.19. The molecule has 0 unspecified atom stereocenters. The Morgan fingerprint density at radius 1 is 1.09 bits per heavy atom. The molecule has 5 heteroatoms. The molecule has 1 N–H and O–H groups in total. The van der Waals surface area contributed by atoms with E-state index in [0.29, 0.717) is 17.9 Å². The second-order valence-electron chi connectivity index (χ2n) is 4.78. The van der Waals surface area contributed by atoms with Gasteiger partial charge in [0.2, 0.25) is 0 Å². The lowest BCUT2D eigenvalue weighted by atomic mass is 10.1. The smallest absolute Gasteiger partial charge is 0.255 e. The minimum atomic E-state index is -0.161. The van der Waals surface area contributed by atoms with E-state index in [1.807, 2.05) is 37.3 Å². The Labute approximate surface area is 138 Å². The maximum absolute atomic E-state index is 12.5. The largest absolute Gasteiger partial charge is 0.497 e. The van der Waals surface area contributed by atoms with Crippen LogP contribution in [0, 0.1) is 6.92 Å². The van der Waals surface area contributed by atoms with Crippen molar-refractivity contribution in [3.63, 3.8) is 0 Å².